The van der Waals surface area contributed by atoms with Gasteiger partial charge in [0.25, 0.3) is 6.01 Å². The lowest BCUT2D eigenvalue weighted by Gasteiger charge is -2.02. The summed E-state index contributed by atoms with van der Waals surface area (Å²) in [6, 6.07) is 6.13. The minimum atomic E-state index is 0.596. The number of rotatable bonds is 10. The van der Waals surface area contributed by atoms with Gasteiger partial charge in [0.1, 0.15) is 5.52 Å². The summed E-state index contributed by atoms with van der Waals surface area (Å²) in [5, 5.41) is 3.25. The monoisotopic (exact) mass is 289 g/mol. The maximum Gasteiger partial charge on any atom is 0.295 e. The summed E-state index contributed by atoms with van der Waals surface area (Å²) in [6.07, 6.45) is 10.6. The quantitative estimate of drug-likeness (QED) is 0.479. The number of nitrogen functional groups attached to an aromatic ring is 1. The van der Waals surface area contributed by atoms with Crippen molar-refractivity contribution in [2.45, 2.75) is 58.3 Å². The second-order valence-electron chi connectivity index (χ2n) is 5.65. The first-order valence-electron chi connectivity index (χ1n) is 8.19. The molecule has 2 rings (SSSR count). The van der Waals surface area contributed by atoms with Crippen molar-refractivity contribution in [2.24, 2.45) is 0 Å². The Bertz CT molecular complexity index is 536. The van der Waals surface area contributed by atoms with Gasteiger partial charge in [0.2, 0.25) is 0 Å². The van der Waals surface area contributed by atoms with Crippen LogP contribution in [0.15, 0.2) is 22.6 Å². The van der Waals surface area contributed by atoms with E-state index in [0.717, 1.165) is 24.1 Å². The number of oxazole rings is 1. The summed E-state index contributed by atoms with van der Waals surface area (Å²) >= 11 is 0. The van der Waals surface area contributed by atoms with Crippen LogP contribution >= 0.6 is 0 Å². The molecule has 1 aromatic heterocycles. The van der Waals surface area contributed by atoms with E-state index < -0.39 is 0 Å². The number of fused-ring (bicyclic) bond motifs is 1. The van der Waals surface area contributed by atoms with Crippen molar-refractivity contribution >= 4 is 22.8 Å². The fourth-order valence-corrected chi connectivity index (χ4v) is 2.47. The van der Waals surface area contributed by atoms with Crippen LogP contribution in [-0.4, -0.2) is 11.5 Å². The van der Waals surface area contributed by atoms with Crippen LogP contribution in [-0.2, 0) is 0 Å². The van der Waals surface area contributed by atoms with Gasteiger partial charge in [-0.2, -0.15) is 4.98 Å². The minimum Gasteiger partial charge on any atom is -0.423 e. The van der Waals surface area contributed by atoms with Crippen molar-refractivity contribution in [3.8, 4) is 0 Å². The van der Waals surface area contributed by atoms with Crippen LogP contribution in [0.25, 0.3) is 11.1 Å². The van der Waals surface area contributed by atoms with E-state index in [4.69, 9.17) is 10.2 Å². The fraction of sp³-hybridized carbons (Fsp3) is 0.588. The molecule has 0 aliphatic rings. The smallest absolute Gasteiger partial charge is 0.295 e. The van der Waals surface area contributed by atoms with Crippen molar-refractivity contribution in [2.75, 3.05) is 17.6 Å². The molecule has 0 atom stereocenters. The van der Waals surface area contributed by atoms with E-state index in [2.05, 4.69) is 17.2 Å². The highest BCUT2D eigenvalue weighted by atomic mass is 16.4. The van der Waals surface area contributed by atoms with E-state index >= 15 is 0 Å². The third kappa shape index (κ3) is 5.29. The minimum absolute atomic E-state index is 0.596. The van der Waals surface area contributed by atoms with Gasteiger partial charge < -0.3 is 15.5 Å². The molecule has 0 fully saturated rings. The summed E-state index contributed by atoms with van der Waals surface area (Å²) in [6.45, 7) is 3.17. The number of aromatic nitrogens is 1. The molecule has 3 N–H and O–H groups in total. The van der Waals surface area contributed by atoms with Crippen LogP contribution < -0.4 is 11.1 Å². The molecule has 0 radical (unpaired) electrons. The SMILES string of the molecule is CCCCCCCCCCNc1nc2ccc(N)cc2o1. The van der Waals surface area contributed by atoms with Crippen LogP contribution in [0, 0.1) is 0 Å². The maximum atomic E-state index is 5.72. The van der Waals surface area contributed by atoms with Crippen LogP contribution in [0.3, 0.4) is 0 Å². The molecule has 2 aromatic rings. The average molecular weight is 289 g/mol. The number of anilines is 2. The van der Waals surface area contributed by atoms with Gasteiger partial charge in [-0.1, -0.05) is 51.9 Å². The van der Waals surface area contributed by atoms with Crippen LogP contribution in [0.1, 0.15) is 58.3 Å². The van der Waals surface area contributed by atoms with Crippen molar-refractivity contribution in [1.29, 1.82) is 0 Å². The van der Waals surface area contributed by atoms with Gasteiger partial charge in [-0.15, -0.1) is 0 Å². The molecule has 21 heavy (non-hydrogen) atoms. The van der Waals surface area contributed by atoms with Crippen molar-refractivity contribution in [3.63, 3.8) is 0 Å². The molecule has 1 aromatic carbocycles. The summed E-state index contributed by atoms with van der Waals surface area (Å²) in [5.41, 5.74) is 8.02. The number of nitrogens with zero attached hydrogens (tertiary/aromatic N) is 1. The Labute approximate surface area is 127 Å². The topological polar surface area (TPSA) is 64.1 Å². The van der Waals surface area contributed by atoms with Gasteiger partial charge >= 0.3 is 0 Å². The predicted molar refractivity (Wildman–Crippen MR) is 89.5 cm³/mol. The largest absolute Gasteiger partial charge is 0.423 e. The van der Waals surface area contributed by atoms with E-state index in [0.29, 0.717) is 11.7 Å². The number of nitrogens with two attached hydrogens (primary N) is 1. The lowest BCUT2D eigenvalue weighted by atomic mass is 10.1. The zero-order chi connectivity index (χ0) is 14.9. The van der Waals surface area contributed by atoms with Crippen molar-refractivity contribution in [3.05, 3.63) is 18.2 Å². The highest BCUT2D eigenvalue weighted by Crippen LogP contribution is 2.21. The molecule has 4 nitrogen and oxygen atoms in total. The van der Waals surface area contributed by atoms with Crippen LogP contribution in [0.2, 0.25) is 0 Å². The van der Waals surface area contributed by atoms with E-state index in [1.54, 1.807) is 0 Å². The Balaban J connectivity index is 1.59. The van der Waals surface area contributed by atoms with Crippen LogP contribution in [0.5, 0.6) is 0 Å². The predicted octanol–water partition coefficient (Wildman–Crippen LogP) is 4.96. The van der Waals surface area contributed by atoms with Gasteiger partial charge in [0, 0.05) is 18.3 Å². The molecular formula is C17H27N3O. The van der Waals surface area contributed by atoms with Crippen LogP contribution in [0.4, 0.5) is 11.7 Å². The van der Waals surface area contributed by atoms with E-state index in [9.17, 15) is 0 Å². The fourth-order valence-electron chi connectivity index (χ4n) is 2.47. The first-order chi connectivity index (χ1) is 10.3. The van der Waals surface area contributed by atoms with Gasteiger partial charge in [0.05, 0.1) is 0 Å². The Morgan fingerprint density at radius 3 is 2.52 bits per heavy atom. The molecule has 0 spiro atoms. The first-order valence-corrected chi connectivity index (χ1v) is 8.19. The summed E-state index contributed by atoms with van der Waals surface area (Å²) < 4.78 is 5.62. The van der Waals surface area contributed by atoms with Gasteiger partial charge in [0.15, 0.2) is 5.58 Å². The van der Waals surface area contributed by atoms with Crippen molar-refractivity contribution < 1.29 is 4.42 Å². The number of nitrogens with one attached hydrogen (secondary N) is 1. The molecule has 0 saturated carbocycles. The van der Waals surface area contributed by atoms with E-state index in [-0.39, 0.29) is 0 Å². The lowest BCUT2D eigenvalue weighted by molar-refractivity contribution is 0.574. The van der Waals surface area contributed by atoms with Gasteiger partial charge in [-0.05, 0) is 18.6 Å². The molecule has 0 aliphatic heterocycles. The summed E-state index contributed by atoms with van der Waals surface area (Å²) in [5.74, 6) is 0. The zero-order valence-corrected chi connectivity index (χ0v) is 13.0. The second-order valence-corrected chi connectivity index (χ2v) is 5.65. The molecule has 1 heterocycles. The number of hydrogen-bond acceptors (Lipinski definition) is 4. The summed E-state index contributed by atoms with van der Waals surface area (Å²) in [7, 11) is 0. The molecule has 0 bridgehead atoms. The van der Waals surface area contributed by atoms with Gasteiger partial charge in [-0.25, -0.2) is 0 Å². The zero-order valence-electron chi connectivity index (χ0n) is 13.0. The first kappa shape index (κ1) is 15.7. The summed E-state index contributed by atoms with van der Waals surface area (Å²) in [4.78, 5) is 4.39. The average Bonchev–Trinajstić information content (AvgIpc) is 2.87. The Hall–Kier alpha value is -1.71. The van der Waals surface area contributed by atoms with E-state index in [1.165, 1.54) is 44.9 Å². The van der Waals surface area contributed by atoms with Crippen molar-refractivity contribution in [1.82, 2.24) is 4.98 Å². The highest BCUT2D eigenvalue weighted by molar-refractivity contribution is 5.77. The molecule has 0 aliphatic carbocycles. The van der Waals surface area contributed by atoms with E-state index in [1.807, 2.05) is 18.2 Å². The molecular weight excluding hydrogens is 262 g/mol. The number of benzene rings is 1. The molecule has 4 heteroatoms. The molecule has 0 amide bonds. The normalized spacial score (nSPS) is 11.1. The Morgan fingerprint density at radius 1 is 1.05 bits per heavy atom. The lowest BCUT2D eigenvalue weighted by Crippen LogP contribution is -2.01. The standard InChI is InChI=1S/C17H27N3O/c1-2-3-4-5-6-7-8-9-12-19-17-20-15-11-10-14(18)13-16(15)21-17/h10-11,13H,2-9,12,18H2,1H3,(H,19,20). The molecule has 0 unspecified atom stereocenters. The highest BCUT2D eigenvalue weighted by Gasteiger charge is 2.04. The van der Waals surface area contributed by atoms with Gasteiger partial charge in [-0.3, -0.25) is 0 Å². The second kappa shape index (κ2) is 8.55. The third-order valence-corrected chi connectivity index (χ3v) is 3.72. The number of hydrogen-bond donors (Lipinski definition) is 2. The molecule has 0 saturated heterocycles. The Kier molecular flexibility index (Phi) is 6.38. The third-order valence-electron chi connectivity index (χ3n) is 3.72. The number of unbranched alkanes of at least 4 members (excludes halogenated alkanes) is 7. The Morgan fingerprint density at radius 2 is 1.76 bits per heavy atom. The maximum absolute atomic E-state index is 5.72. The molecule has 116 valence electrons.